The van der Waals surface area contributed by atoms with Crippen molar-refractivity contribution in [1.29, 1.82) is 0 Å². The van der Waals surface area contributed by atoms with Gasteiger partial charge in [0.15, 0.2) is 0 Å². The Kier molecular flexibility index (Phi) is 6.03. The van der Waals surface area contributed by atoms with Crippen LogP contribution in [0, 0.1) is 18.3 Å². The molecular formula is C25H25F3N4O3S. The van der Waals surface area contributed by atoms with Crippen molar-refractivity contribution in [2.45, 2.75) is 57.2 Å². The number of anilines is 2. The molecule has 1 unspecified atom stereocenters. The minimum absolute atomic E-state index is 0.00438. The fraction of sp³-hybridized carbons (Fsp3) is 0.440. The average Bonchev–Trinajstić information content (AvgIpc) is 3.29. The first-order valence-electron chi connectivity index (χ1n) is 11.7. The molecule has 3 aromatic rings. The SMILES string of the molecule is Cc1cc(Nc2cc(C(F)(F)F)ccn2)nc(-c2cnc([C@]3(O)CC4(CCCCC4)C3C(=O)O)s2)c1. The average molecular weight is 519 g/mol. The number of thiazole rings is 1. The standard InChI is InChI=1S/C25H25F3N4O3S/c1-14-9-16(31-19(10-14)32-18-11-15(5-8-29-18)25(26,27)28)17-12-30-22(36-17)24(35)13-23(20(24)21(33)34)6-3-2-4-7-23/h5,8-12,20,35H,2-4,6-7,13H2,1H3,(H,33,34)(H,29,31,32)/t20?,24-/m0/s1. The maximum atomic E-state index is 13.0. The highest BCUT2D eigenvalue weighted by Crippen LogP contribution is 2.65. The minimum atomic E-state index is -4.49. The number of carbonyl (C=O) groups is 1. The third kappa shape index (κ3) is 4.34. The van der Waals surface area contributed by atoms with Crippen molar-refractivity contribution in [2.24, 2.45) is 11.3 Å². The maximum absolute atomic E-state index is 13.0. The molecule has 2 fully saturated rings. The lowest BCUT2D eigenvalue weighted by atomic mass is 9.46. The smallest absolute Gasteiger partial charge is 0.416 e. The zero-order valence-corrected chi connectivity index (χ0v) is 20.3. The van der Waals surface area contributed by atoms with Crippen molar-refractivity contribution in [3.63, 3.8) is 0 Å². The van der Waals surface area contributed by atoms with Gasteiger partial charge in [0.05, 0.1) is 22.1 Å². The second-order valence-electron chi connectivity index (χ2n) is 9.79. The topological polar surface area (TPSA) is 108 Å². The summed E-state index contributed by atoms with van der Waals surface area (Å²) in [6.07, 6.45) is 3.11. The van der Waals surface area contributed by atoms with E-state index in [1.165, 1.54) is 11.3 Å². The summed E-state index contributed by atoms with van der Waals surface area (Å²) in [5.41, 5.74) is -1.43. The van der Waals surface area contributed by atoms with Crippen LogP contribution in [0.15, 0.2) is 36.7 Å². The van der Waals surface area contributed by atoms with E-state index in [-0.39, 0.29) is 11.2 Å². The van der Waals surface area contributed by atoms with Gasteiger partial charge in [-0.1, -0.05) is 19.3 Å². The quantitative estimate of drug-likeness (QED) is 0.385. The Morgan fingerprint density at radius 2 is 1.89 bits per heavy atom. The summed E-state index contributed by atoms with van der Waals surface area (Å²) in [7, 11) is 0. The van der Waals surface area contributed by atoms with Crippen LogP contribution in [0.4, 0.5) is 24.8 Å². The van der Waals surface area contributed by atoms with Crippen LogP contribution in [0.1, 0.15) is 54.7 Å². The van der Waals surface area contributed by atoms with Gasteiger partial charge in [-0.05, 0) is 61.4 Å². The number of pyridine rings is 2. The molecule has 2 aliphatic rings. The number of nitrogens with zero attached hydrogens (tertiary/aromatic N) is 3. The summed E-state index contributed by atoms with van der Waals surface area (Å²) in [5, 5.41) is 24.6. The van der Waals surface area contributed by atoms with Gasteiger partial charge in [0.25, 0.3) is 0 Å². The highest BCUT2D eigenvalue weighted by Gasteiger charge is 2.67. The maximum Gasteiger partial charge on any atom is 0.416 e. The number of alkyl halides is 3. The number of carboxylic acid groups (broad SMARTS) is 1. The van der Waals surface area contributed by atoms with Crippen LogP contribution in [0.25, 0.3) is 10.6 Å². The van der Waals surface area contributed by atoms with Gasteiger partial charge in [-0.2, -0.15) is 13.2 Å². The summed E-state index contributed by atoms with van der Waals surface area (Å²) in [6, 6.07) is 5.28. The van der Waals surface area contributed by atoms with Gasteiger partial charge in [-0.15, -0.1) is 11.3 Å². The Hall–Kier alpha value is -3.05. The third-order valence-corrected chi connectivity index (χ3v) is 8.44. The molecule has 3 N–H and O–H groups in total. The molecule has 0 aliphatic heterocycles. The predicted molar refractivity (Wildman–Crippen MR) is 128 cm³/mol. The van der Waals surface area contributed by atoms with Crippen LogP contribution in [0.5, 0.6) is 0 Å². The first-order valence-corrected chi connectivity index (χ1v) is 12.5. The largest absolute Gasteiger partial charge is 0.481 e. The molecule has 1 spiro atoms. The van der Waals surface area contributed by atoms with Crippen LogP contribution in [-0.4, -0.2) is 31.1 Å². The normalized spacial score (nSPS) is 23.3. The number of aliphatic hydroxyl groups is 1. The monoisotopic (exact) mass is 518 g/mol. The second-order valence-corrected chi connectivity index (χ2v) is 10.8. The van der Waals surface area contributed by atoms with Crippen molar-refractivity contribution < 1.29 is 28.2 Å². The van der Waals surface area contributed by atoms with Crippen LogP contribution in [-0.2, 0) is 16.6 Å². The van der Waals surface area contributed by atoms with E-state index in [9.17, 15) is 28.2 Å². The van der Waals surface area contributed by atoms with Crippen molar-refractivity contribution in [3.05, 3.63) is 52.8 Å². The van der Waals surface area contributed by atoms with E-state index in [2.05, 4.69) is 20.3 Å². The Bertz CT molecular complexity index is 1310. The number of hydrogen-bond acceptors (Lipinski definition) is 7. The van der Waals surface area contributed by atoms with E-state index in [0.29, 0.717) is 27.8 Å². The Balaban J connectivity index is 1.41. The lowest BCUT2D eigenvalue weighted by Crippen LogP contribution is -2.62. The molecule has 11 heteroatoms. The summed E-state index contributed by atoms with van der Waals surface area (Å²) in [6.45, 7) is 1.82. The molecule has 2 saturated carbocycles. The van der Waals surface area contributed by atoms with E-state index >= 15 is 0 Å². The van der Waals surface area contributed by atoms with Crippen LogP contribution in [0.2, 0.25) is 0 Å². The minimum Gasteiger partial charge on any atom is -0.481 e. The van der Waals surface area contributed by atoms with Gasteiger partial charge in [-0.3, -0.25) is 4.79 Å². The van der Waals surface area contributed by atoms with Crippen molar-refractivity contribution in [1.82, 2.24) is 15.0 Å². The van der Waals surface area contributed by atoms with Crippen molar-refractivity contribution in [2.75, 3.05) is 5.32 Å². The third-order valence-electron chi connectivity index (χ3n) is 7.25. The van der Waals surface area contributed by atoms with E-state index < -0.39 is 29.2 Å². The molecule has 190 valence electrons. The summed E-state index contributed by atoms with van der Waals surface area (Å²) in [4.78, 5) is 25.7. The Morgan fingerprint density at radius 1 is 1.14 bits per heavy atom. The lowest BCUT2D eigenvalue weighted by molar-refractivity contribution is -0.225. The molecular weight excluding hydrogens is 493 g/mol. The molecule has 3 heterocycles. The van der Waals surface area contributed by atoms with Crippen LogP contribution in [0.3, 0.4) is 0 Å². The number of rotatable bonds is 5. The van der Waals surface area contributed by atoms with Crippen LogP contribution < -0.4 is 5.32 Å². The van der Waals surface area contributed by atoms with Gasteiger partial charge in [0, 0.05) is 12.4 Å². The molecule has 0 aromatic carbocycles. The van der Waals surface area contributed by atoms with E-state index in [4.69, 9.17) is 0 Å². The van der Waals surface area contributed by atoms with Crippen molar-refractivity contribution in [3.8, 4) is 10.6 Å². The van der Waals surface area contributed by atoms with Gasteiger partial charge in [-0.25, -0.2) is 15.0 Å². The number of aromatic nitrogens is 3. The Labute approximate surface area is 209 Å². The van der Waals surface area contributed by atoms with Gasteiger partial charge in [0.1, 0.15) is 22.2 Å². The zero-order valence-electron chi connectivity index (χ0n) is 19.5. The van der Waals surface area contributed by atoms with Crippen LogP contribution >= 0.6 is 11.3 Å². The molecule has 7 nitrogen and oxygen atoms in total. The van der Waals surface area contributed by atoms with E-state index in [0.717, 1.165) is 56.0 Å². The molecule has 2 atom stereocenters. The second kappa shape index (κ2) is 8.81. The molecule has 0 amide bonds. The number of aliphatic carboxylic acids is 1. The molecule has 5 rings (SSSR count). The summed E-state index contributed by atoms with van der Waals surface area (Å²) in [5.74, 6) is -1.60. The number of carboxylic acids is 1. The zero-order chi connectivity index (χ0) is 25.7. The summed E-state index contributed by atoms with van der Waals surface area (Å²) >= 11 is 1.19. The van der Waals surface area contributed by atoms with Gasteiger partial charge in [0.2, 0.25) is 0 Å². The van der Waals surface area contributed by atoms with E-state index in [1.54, 1.807) is 18.3 Å². The first kappa shape index (κ1) is 24.6. The first-order chi connectivity index (χ1) is 17.0. The Morgan fingerprint density at radius 3 is 2.58 bits per heavy atom. The number of halogens is 3. The molecule has 3 aromatic heterocycles. The highest BCUT2D eigenvalue weighted by molar-refractivity contribution is 7.15. The number of nitrogens with one attached hydrogen (secondary N) is 1. The van der Waals surface area contributed by atoms with Gasteiger partial charge >= 0.3 is 12.1 Å². The molecule has 36 heavy (non-hydrogen) atoms. The molecule has 0 saturated heterocycles. The van der Waals surface area contributed by atoms with E-state index in [1.807, 2.05) is 6.92 Å². The number of hydrogen-bond donors (Lipinski definition) is 3. The fourth-order valence-corrected chi connectivity index (χ4v) is 6.75. The predicted octanol–water partition coefficient (Wildman–Crippen LogP) is 5.91. The number of aryl methyl sites for hydroxylation is 1. The lowest BCUT2D eigenvalue weighted by Gasteiger charge is -2.59. The van der Waals surface area contributed by atoms with Crippen molar-refractivity contribution >= 4 is 28.9 Å². The molecule has 2 aliphatic carbocycles. The highest BCUT2D eigenvalue weighted by atomic mass is 32.1. The van der Waals surface area contributed by atoms with Gasteiger partial charge < -0.3 is 15.5 Å². The molecule has 0 radical (unpaired) electrons. The fourth-order valence-electron chi connectivity index (χ4n) is 5.76. The molecule has 0 bridgehead atoms. The summed E-state index contributed by atoms with van der Waals surface area (Å²) < 4.78 is 39.1.